The second kappa shape index (κ2) is 5.80. The van der Waals surface area contributed by atoms with E-state index in [0.717, 1.165) is 16.9 Å². The first-order valence-corrected chi connectivity index (χ1v) is 6.14. The minimum Gasteiger partial charge on any atom is -0.488 e. The third kappa shape index (κ3) is 3.51. The highest BCUT2D eigenvalue weighted by molar-refractivity contribution is 5.39. The van der Waals surface area contributed by atoms with Gasteiger partial charge in [-0.05, 0) is 31.5 Å². The lowest BCUT2D eigenvalue weighted by Crippen LogP contribution is -2.08. The summed E-state index contributed by atoms with van der Waals surface area (Å²) in [5.74, 6) is 0.372. The minimum absolute atomic E-state index is 0.110. The van der Waals surface area contributed by atoms with Crippen LogP contribution in [0.3, 0.4) is 0 Å². The van der Waals surface area contributed by atoms with Crippen LogP contribution in [-0.4, -0.2) is 4.98 Å². The quantitative estimate of drug-likeness (QED) is 0.918. The van der Waals surface area contributed by atoms with Crippen molar-refractivity contribution in [3.63, 3.8) is 0 Å². The summed E-state index contributed by atoms with van der Waals surface area (Å²) in [6.07, 6.45) is 2.76. The number of benzene rings is 1. The largest absolute Gasteiger partial charge is 0.488 e. The lowest BCUT2D eigenvalue weighted by atomic mass is 10.1. The Labute approximate surface area is 112 Å². The zero-order valence-corrected chi connectivity index (χ0v) is 11.1. The zero-order chi connectivity index (χ0) is 13.8. The summed E-state index contributed by atoms with van der Waals surface area (Å²) in [5, 5.41) is 0. The van der Waals surface area contributed by atoms with Gasteiger partial charge in [-0.2, -0.15) is 0 Å². The van der Waals surface area contributed by atoms with E-state index in [0.29, 0.717) is 5.56 Å². The Kier molecular flexibility index (Phi) is 4.12. The molecule has 0 bridgehead atoms. The van der Waals surface area contributed by atoms with Gasteiger partial charge in [-0.15, -0.1) is 0 Å². The Morgan fingerprint density at radius 1 is 1.32 bits per heavy atom. The number of halogens is 1. The van der Waals surface area contributed by atoms with Crippen LogP contribution >= 0.6 is 0 Å². The molecule has 1 heterocycles. The molecule has 19 heavy (non-hydrogen) atoms. The Morgan fingerprint density at radius 2 is 2.11 bits per heavy atom. The fourth-order valence-electron chi connectivity index (χ4n) is 1.84. The predicted octanol–water partition coefficient (Wildman–Crippen LogP) is 3.13. The van der Waals surface area contributed by atoms with E-state index in [1.165, 1.54) is 12.3 Å². The first kappa shape index (κ1) is 13.5. The number of pyridine rings is 1. The molecule has 100 valence electrons. The standard InChI is InChI=1S/C15H17FN2O/c1-10-3-4-14(11(2)17)15(5-10)19-9-12-6-13(16)8-18-7-12/h3-8,11H,9,17H2,1-2H3/t11-/m0/s1. The van der Waals surface area contributed by atoms with Crippen LogP contribution in [0.4, 0.5) is 4.39 Å². The van der Waals surface area contributed by atoms with Crippen molar-refractivity contribution in [3.8, 4) is 5.75 Å². The third-order valence-electron chi connectivity index (χ3n) is 2.82. The number of rotatable bonds is 4. The molecule has 0 saturated carbocycles. The number of aromatic nitrogens is 1. The molecule has 0 spiro atoms. The van der Waals surface area contributed by atoms with E-state index in [4.69, 9.17) is 10.5 Å². The second-order valence-corrected chi connectivity index (χ2v) is 4.63. The molecule has 0 fully saturated rings. The summed E-state index contributed by atoms with van der Waals surface area (Å²) in [5.41, 5.74) is 8.63. The van der Waals surface area contributed by atoms with Gasteiger partial charge in [0, 0.05) is 23.4 Å². The molecular weight excluding hydrogens is 243 g/mol. The Hall–Kier alpha value is -1.94. The van der Waals surface area contributed by atoms with Gasteiger partial charge in [-0.25, -0.2) is 4.39 Å². The maximum absolute atomic E-state index is 13.0. The van der Waals surface area contributed by atoms with Gasteiger partial charge < -0.3 is 10.5 Å². The van der Waals surface area contributed by atoms with Crippen molar-refractivity contribution in [3.05, 3.63) is 59.2 Å². The lowest BCUT2D eigenvalue weighted by molar-refractivity contribution is 0.300. The highest BCUT2D eigenvalue weighted by Crippen LogP contribution is 2.25. The van der Waals surface area contributed by atoms with Gasteiger partial charge in [0.05, 0.1) is 6.20 Å². The first-order chi connectivity index (χ1) is 9.06. The predicted molar refractivity (Wildman–Crippen MR) is 72.3 cm³/mol. The summed E-state index contributed by atoms with van der Waals surface area (Å²) in [7, 11) is 0. The van der Waals surface area contributed by atoms with Gasteiger partial charge in [0.25, 0.3) is 0 Å². The Morgan fingerprint density at radius 3 is 2.79 bits per heavy atom. The fourth-order valence-corrected chi connectivity index (χ4v) is 1.84. The molecule has 0 unspecified atom stereocenters. The first-order valence-electron chi connectivity index (χ1n) is 6.14. The highest BCUT2D eigenvalue weighted by atomic mass is 19.1. The van der Waals surface area contributed by atoms with Crippen LogP contribution in [0.5, 0.6) is 5.75 Å². The minimum atomic E-state index is -0.363. The Balaban J connectivity index is 2.17. The van der Waals surface area contributed by atoms with Crippen molar-refractivity contribution in [2.45, 2.75) is 26.5 Å². The number of nitrogens with two attached hydrogens (primary N) is 1. The van der Waals surface area contributed by atoms with E-state index in [9.17, 15) is 4.39 Å². The molecule has 2 N–H and O–H groups in total. The number of nitrogens with zero attached hydrogens (tertiary/aromatic N) is 1. The van der Waals surface area contributed by atoms with Gasteiger partial charge >= 0.3 is 0 Å². The summed E-state index contributed by atoms with van der Waals surface area (Å²) in [6, 6.07) is 7.19. The van der Waals surface area contributed by atoms with Crippen LogP contribution < -0.4 is 10.5 Å². The smallest absolute Gasteiger partial charge is 0.141 e. The summed E-state index contributed by atoms with van der Waals surface area (Å²) in [6.45, 7) is 4.16. The molecule has 4 heteroatoms. The van der Waals surface area contributed by atoms with E-state index >= 15 is 0 Å². The molecule has 2 rings (SSSR count). The number of hydrogen-bond acceptors (Lipinski definition) is 3. The van der Waals surface area contributed by atoms with E-state index in [-0.39, 0.29) is 18.5 Å². The van der Waals surface area contributed by atoms with Crippen LogP contribution in [0.1, 0.15) is 29.7 Å². The highest BCUT2D eigenvalue weighted by Gasteiger charge is 2.08. The van der Waals surface area contributed by atoms with Crippen LogP contribution in [0.2, 0.25) is 0 Å². The third-order valence-corrected chi connectivity index (χ3v) is 2.82. The zero-order valence-electron chi connectivity index (χ0n) is 11.1. The molecule has 3 nitrogen and oxygen atoms in total. The average Bonchev–Trinajstić information content (AvgIpc) is 2.36. The van der Waals surface area contributed by atoms with Gasteiger partial charge in [0.1, 0.15) is 18.2 Å². The van der Waals surface area contributed by atoms with Crippen molar-refractivity contribution in [2.75, 3.05) is 0 Å². The molecule has 0 amide bonds. The van der Waals surface area contributed by atoms with Crippen LogP contribution in [0, 0.1) is 12.7 Å². The summed E-state index contributed by atoms with van der Waals surface area (Å²) >= 11 is 0. The Bertz CT molecular complexity index is 570. The van der Waals surface area contributed by atoms with Gasteiger partial charge in [0.2, 0.25) is 0 Å². The molecule has 2 aromatic rings. The molecule has 1 aromatic carbocycles. The number of hydrogen-bond donors (Lipinski definition) is 1. The molecule has 0 radical (unpaired) electrons. The molecule has 0 aliphatic rings. The van der Waals surface area contributed by atoms with Crippen LogP contribution in [0.15, 0.2) is 36.7 Å². The van der Waals surface area contributed by atoms with Crippen molar-refractivity contribution < 1.29 is 9.13 Å². The van der Waals surface area contributed by atoms with E-state index in [1.807, 2.05) is 32.0 Å². The van der Waals surface area contributed by atoms with Gasteiger partial charge in [0.15, 0.2) is 0 Å². The lowest BCUT2D eigenvalue weighted by Gasteiger charge is -2.14. The molecule has 0 aliphatic carbocycles. The maximum atomic E-state index is 13.0. The van der Waals surface area contributed by atoms with Gasteiger partial charge in [-0.1, -0.05) is 12.1 Å². The fraction of sp³-hybridized carbons (Fsp3) is 0.267. The SMILES string of the molecule is Cc1ccc([C@H](C)N)c(OCc2cncc(F)c2)c1. The van der Waals surface area contributed by atoms with E-state index < -0.39 is 0 Å². The molecule has 0 saturated heterocycles. The number of ether oxygens (including phenoxy) is 1. The number of aryl methyl sites for hydroxylation is 1. The van der Waals surface area contributed by atoms with Gasteiger partial charge in [-0.3, -0.25) is 4.98 Å². The average molecular weight is 260 g/mol. The normalized spacial score (nSPS) is 12.2. The van der Waals surface area contributed by atoms with E-state index in [2.05, 4.69) is 4.98 Å². The molecule has 0 aliphatic heterocycles. The monoisotopic (exact) mass is 260 g/mol. The van der Waals surface area contributed by atoms with E-state index in [1.54, 1.807) is 6.20 Å². The van der Waals surface area contributed by atoms with Crippen molar-refractivity contribution in [1.29, 1.82) is 0 Å². The maximum Gasteiger partial charge on any atom is 0.141 e. The molecule has 1 atom stereocenters. The van der Waals surface area contributed by atoms with Crippen molar-refractivity contribution in [2.24, 2.45) is 5.73 Å². The molecule has 1 aromatic heterocycles. The topological polar surface area (TPSA) is 48.1 Å². The van der Waals surface area contributed by atoms with Crippen molar-refractivity contribution >= 4 is 0 Å². The van der Waals surface area contributed by atoms with Crippen molar-refractivity contribution in [1.82, 2.24) is 4.98 Å². The van der Waals surface area contributed by atoms with Crippen LogP contribution in [-0.2, 0) is 6.61 Å². The second-order valence-electron chi connectivity index (χ2n) is 4.63. The molecular formula is C15H17FN2O. The summed E-state index contributed by atoms with van der Waals surface area (Å²) < 4.78 is 18.8. The summed E-state index contributed by atoms with van der Waals surface area (Å²) in [4.78, 5) is 3.79. The van der Waals surface area contributed by atoms with Crippen LogP contribution in [0.25, 0.3) is 0 Å².